The molecule has 24 heavy (non-hydrogen) atoms. The van der Waals surface area contributed by atoms with Crippen LogP contribution >= 0.6 is 11.6 Å². The van der Waals surface area contributed by atoms with Crippen LogP contribution in [-0.4, -0.2) is 28.3 Å². The molecule has 4 rings (SSSR count). The molecule has 0 fully saturated rings. The van der Waals surface area contributed by atoms with Crippen LogP contribution in [0.4, 0.5) is 17.2 Å². The fourth-order valence-electron chi connectivity index (χ4n) is 3.00. The number of benzene rings is 1. The average molecular weight is 343 g/mol. The Bertz CT molecular complexity index is 903. The van der Waals surface area contributed by atoms with Crippen LogP contribution in [0.3, 0.4) is 0 Å². The first-order valence-electron chi connectivity index (χ1n) is 8.00. The number of aromatic nitrogens is 3. The summed E-state index contributed by atoms with van der Waals surface area (Å²) in [5.74, 6) is 0.843. The first-order chi connectivity index (χ1) is 11.7. The normalized spacial score (nSPS) is 13.2. The minimum Gasteiger partial charge on any atom is -0.366 e. The van der Waals surface area contributed by atoms with Crippen LogP contribution in [0.2, 0.25) is 5.15 Å². The van der Waals surface area contributed by atoms with E-state index in [4.69, 9.17) is 11.6 Å². The Hall–Kier alpha value is -2.47. The van der Waals surface area contributed by atoms with E-state index in [2.05, 4.69) is 57.8 Å². The summed E-state index contributed by atoms with van der Waals surface area (Å²) in [6, 6.07) is 8.26. The summed E-state index contributed by atoms with van der Waals surface area (Å²) in [6.07, 6.45) is 2.72. The highest BCUT2D eigenvalue weighted by molar-refractivity contribution is 6.29. The molecule has 1 aliphatic rings. The van der Waals surface area contributed by atoms with Crippen molar-refractivity contribution in [3.8, 4) is 0 Å². The molecule has 0 unspecified atom stereocenters. The maximum atomic E-state index is 6.18. The lowest BCUT2D eigenvalue weighted by molar-refractivity contribution is 0.925. The molecule has 0 saturated heterocycles. The zero-order valence-electron chi connectivity index (χ0n) is 13.7. The van der Waals surface area contributed by atoms with Gasteiger partial charge in [-0.15, -0.1) is 0 Å². The largest absolute Gasteiger partial charge is 0.366 e. The van der Waals surface area contributed by atoms with E-state index in [0.29, 0.717) is 11.7 Å². The van der Waals surface area contributed by atoms with Gasteiger partial charge >= 0.3 is 0 Å². The summed E-state index contributed by atoms with van der Waals surface area (Å²) in [4.78, 5) is 6.58. The maximum absolute atomic E-state index is 6.18. The molecule has 0 saturated carbocycles. The molecule has 2 N–H and O–H groups in total. The molecule has 0 bridgehead atoms. The van der Waals surface area contributed by atoms with Gasteiger partial charge in [0.15, 0.2) is 5.65 Å². The smallest absolute Gasteiger partial charge is 0.162 e. The van der Waals surface area contributed by atoms with Gasteiger partial charge in [-0.25, -0.2) is 4.98 Å². The molecule has 2 aromatic heterocycles. The predicted molar refractivity (Wildman–Crippen MR) is 98.0 cm³/mol. The molecule has 1 aromatic carbocycles. The van der Waals surface area contributed by atoms with E-state index in [-0.39, 0.29) is 0 Å². The third-order valence-corrected chi connectivity index (χ3v) is 4.54. The molecule has 1 aliphatic heterocycles. The van der Waals surface area contributed by atoms with E-state index in [0.717, 1.165) is 30.1 Å². The SMILES string of the molecule is CCc1cnn2c(NCc3ccc4c(c3)NCN4C)cc(Cl)nc12. The lowest BCUT2D eigenvalue weighted by Crippen LogP contribution is -2.15. The van der Waals surface area contributed by atoms with Gasteiger partial charge in [0.25, 0.3) is 0 Å². The zero-order chi connectivity index (χ0) is 16.7. The molecule has 3 aromatic rings. The molecule has 0 spiro atoms. The number of hydrogen-bond acceptors (Lipinski definition) is 5. The second-order valence-corrected chi connectivity index (χ2v) is 6.35. The van der Waals surface area contributed by atoms with Crippen molar-refractivity contribution >= 4 is 34.4 Å². The fourth-order valence-corrected chi connectivity index (χ4v) is 3.19. The molecule has 6 nitrogen and oxygen atoms in total. The van der Waals surface area contributed by atoms with Crippen molar-refractivity contribution in [2.45, 2.75) is 19.9 Å². The van der Waals surface area contributed by atoms with Crippen molar-refractivity contribution in [3.63, 3.8) is 0 Å². The number of anilines is 3. The van der Waals surface area contributed by atoms with Gasteiger partial charge in [-0.2, -0.15) is 9.61 Å². The van der Waals surface area contributed by atoms with E-state index in [1.54, 1.807) is 6.07 Å². The van der Waals surface area contributed by atoms with E-state index in [1.165, 1.54) is 16.9 Å². The number of fused-ring (bicyclic) bond motifs is 2. The topological polar surface area (TPSA) is 57.5 Å². The Labute approximate surface area is 145 Å². The lowest BCUT2D eigenvalue weighted by atomic mass is 10.1. The summed E-state index contributed by atoms with van der Waals surface area (Å²) < 4.78 is 1.81. The van der Waals surface area contributed by atoms with Gasteiger partial charge in [0.1, 0.15) is 11.0 Å². The van der Waals surface area contributed by atoms with Crippen LogP contribution in [0, 0.1) is 0 Å². The van der Waals surface area contributed by atoms with Crippen molar-refractivity contribution in [3.05, 3.63) is 46.7 Å². The number of aryl methyl sites for hydroxylation is 1. The molecular formula is C17H19ClN6. The molecule has 0 atom stereocenters. The lowest BCUT2D eigenvalue weighted by Gasteiger charge is -2.12. The highest BCUT2D eigenvalue weighted by Crippen LogP contribution is 2.31. The monoisotopic (exact) mass is 342 g/mol. The van der Waals surface area contributed by atoms with Gasteiger partial charge in [-0.3, -0.25) is 0 Å². The van der Waals surface area contributed by atoms with E-state index in [9.17, 15) is 0 Å². The first-order valence-corrected chi connectivity index (χ1v) is 8.38. The van der Waals surface area contributed by atoms with Crippen molar-refractivity contribution in [1.29, 1.82) is 0 Å². The molecule has 0 radical (unpaired) electrons. The standard InChI is InChI=1S/C17H19ClN6/c1-3-12-9-21-24-16(7-15(18)22-17(12)24)19-8-11-4-5-14-13(6-11)20-10-23(14)2/h4-7,9,19-20H,3,8,10H2,1-2H3. The number of nitrogens with one attached hydrogen (secondary N) is 2. The van der Waals surface area contributed by atoms with Crippen molar-refractivity contribution < 1.29 is 0 Å². The van der Waals surface area contributed by atoms with Crippen molar-refractivity contribution in [2.75, 3.05) is 29.2 Å². The van der Waals surface area contributed by atoms with Crippen molar-refractivity contribution in [1.82, 2.24) is 14.6 Å². The van der Waals surface area contributed by atoms with Crippen LogP contribution in [0.5, 0.6) is 0 Å². The molecular weight excluding hydrogens is 324 g/mol. The second kappa shape index (κ2) is 5.87. The second-order valence-electron chi connectivity index (χ2n) is 5.96. The Morgan fingerprint density at radius 3 is 3.04 bits per heavy atom. The highest BCUT2D eigenvalue weighted by atomic mass is 35.5. The van der Waals surface area contributed by atoms with Gasteiger partial charge < -0.3 is 15.5 Å². The Kier molecular flexibility index (Phi) is 3.69. The van der Waals surface area contributed by atoms with Crippen LogP contribution in [0.25, 0.3) is 5.65 Å². The van der Waals surface area contributed by atoms with Crippen LogP contribution in [0.15, 0.2) is 30.5 Å². The van der Waals surface area contributed by atoms with E-state index < -0.39 is 0 Å². The minimum atomic E-state index is 0.470. The van der Waals surface area contributed by atoms with Gasteiger partial charge in [-0.1, -0.05) is 24.6 Å². The fraction of sp³-hybridized carbons (Fsp3) is 0.294. The maximum Gasteiger partial charge on any atom is 0.162 e. The third-order valence-electron chi connectivity index (χ3n) is 4.35. The number of nitrogens with zero attached hydrogens (tertiary/aromatic N) is 4. The van der Waals surface area contributed by atoms with Gasteiger partial charge in [-0.05, 0) is 24.1 Å². The molecule has 3 heterocycles. The predicted octanol–water partition coefficient (Wildman–Crippen LogP) is 3.38. The number of rotatable bonds is 4. The Morgan fingerprint density at radius 2 is 2.21 bits per heavy atom. The summed E-state index contributed by atoms with van der Waals surface area (Å²) in [6.45, 7) is 3.62. The van der Waals surface area contributed by atoms with E-state index >= 15 is 0 Å². The van der Waals surface area contributed by atoms with Gasteiger partial charge in [0, 0.05) is 25.2 Å². The van der Waals surface area contributed by atoms with Gasteiger partial charge in [0.05, 0.1) is 24.2 Å². The van der Waals surface area contributed by atoms with Crippen LogP contribution in [0.1, 0.15) is 18.1 Å². The molecule has 0 aliphatic carbocycles. The quantitative estimate of drug-likeness (QED) is 0.712. The number of halogens is 1. The third kappa shape index (κ3) is 2.53. The highest BCUT2D eigenvalue weighted by Gasteiger charge is 2.15. The average Bonchev–Trinajstić information content (AvgIpc) is 3.16. The number of hydrogen-bond donors (Lipinski definition) is 2. The summed E-state index contributed by atoms with van der Waals surface area (Å²) in [5.41, 5.74) is 5.49. The van der Waals surface area contributed by atoms with Gasteiger partial charge in [0.2, 0.25) is 0 Å². The van der Waals surface area contributed by atoms with Crippen LogP contribution in [-0.2, 0) is 13.0 Å². The molecule has 7 heteroatoms. The molecule has 124 valence electrons. The summed E-state index contributed by atoms with van der Waals surface area (Å²) in [7, 11) is 2.08. The zero-order valence-corrected chi connectivity index (χ0v) is 14.4. The van der Waals surface area contributed by atoms with E-state index in [1.807, 2.05) is 10.7 Å². The minimum absolute atomic E-state index is 0.470. The molecule has 0 amide bonds. The van der Waals surface area contributed by atoms with Crippen LogP contribution < -0.4 is 15.5 Å². The summed E-state index contributed by atoms with van der Waals surface area (Å²) in [5, 5.41) is 11.7. The Balaban J connectivity index is 1.60. The summed E-state index contributed by atoms with van der Waals surface area (Å²) >= 11 is 6.18. The van der Waals surface area contributed by atoms with Crippen molar-refractivity contribution in [2.24, 2.45) is 0 Å². The Morgan fingerprint density at radius 1 is 1.33 bits per heavy atom. The first kappa shape index (κ1) is 15.1.